The third-order valence-electron chi connectivity index (χ3n) is 6.44. The van der Waals surface area contributed by atoms with Gasteiger partial charge in [0.1, 0.15) is 28.9 Å². The average Bonchev–Trinajstić information content (AvgIpc) is 2.88. The van der Waals surface area contributed by atoms with Gasteiger partial charge >= 0.3 is 0 Å². The van der Waals surface area contributed by atoms with Gasteiger partial charge in [-0.15, -0.1) is 0 Å². The summed E-state index contributed by atoms with van der Waals surface area (Å²) in [5, 5.41) is 6.86. The minimum absolute atomic E-state index is 0.0151. The van der Waals surface area contributed by atoms with Crippen LogP contribution < -0.4 is 26.0 Å². The fraction of sp³-hybridized carbons (Fsp3) is 0.167. The maximum atomic E-state index is 14.0. The molecule has 4 aromatic carbocycles. The molecule has 3 nitrogen and oxygen atoms in total. The first-order valence-electron chi connectivity index (χ1n) is 11.5. The number of hydrogen-bond donors (Lipinski definition) is 1. The Morgan fingerprint density at radius 2 is 1.12 bits per heavy atom. The average molecular weight is 469 g/mol. The van der Waals surface area contributed by atoms with E-state index in [1.54, 1.807) is 7.11 Å². The molecule has 0 aliphatic heterocycles. The van der Waals surface area contributed by atoms with Crippen molar-refractivity contribution in [3.63, 3.8) is 0 Å². The fourth-order valence-electron chi connectivity index (χ4n) is 4.75. The molecule has 0 saturated heterocycles. The minimum Gasteiger partial charge on any atom is -0.497 e. The van der Waals surface area contributed by atoms with Crippen LogP contribution in [0.1, 0.15) is 18.1 Å². The lowest BCUT2D eigenvalue weighted by Crippen LogP contribution is -2.43. The zero-order chi connectivity index (χ0) is 24.1. The van der Waals surface area contributed by atoms with Gasteiger partial charge in [0, 0.05) is 5.69 Å². The van der Waals surface area contributed by atoms with Crippen molar-refractivity contribution >= 4 is 34.8 Å². The Kier molecular flexibility index (Phi) is 7.14. The molecule has 172 valence electrons. The highest BCUT2D eigenvalue weighted by Crippen LogP contribution is 2.59. The van der Waals surface area contributed by atoms with E-state index in [1.165, 1.54) is 15.9 Å². The van der Waals surface area contributed by atoms with E-state index >= 15 is 0 Å². The SMILES string of the molecule is COc1cc(C)c(NC(=O)C(C)[P+](c2ccccc2)(c2ccccc2)c2ccccc2)c(C)c1. The molecule has 34 heavy (non-hydrogen) atoms. The molecule has 0 spiro atoms. The predicted octanol–water partition coefficient (Wildman–Crippen LogP) is 5.63. The number of carbonyl (C=O) groups is 1. The molecule has 0 radical (unpaired) electrons. The zero-order valence-electron chi connectivity index (χ0n) is 20.2. The summed E-state index contributed by atoms with van der Waals surface area (Å²) >= 11 is 0. The molecule has 0 heterocycles. The second kappa shape index (κ2) is 10.2. The van der Waals surface area contributed by atoms with Crippen molar-refractivity contribution in [1.82, 2.24) is 0 Å². The molecule has 1 amide bonds. The molecular formula is C30H31NO2P+. The van der Waals surface area contributed by atoms with Crippen LogP contribution in [0.2, 0.25) is 0 Å². The van der Waals surface area contributed by atoms with Gasteiger partial charge in [0.2, 0.25) is 0 Å². The Morgan fingerprint density at radius 3 is 1.47 bits per heavy atom. The van der Waals surface area contributed by atoms with Gasteiger partial charge < -0.3 is 10.1 Å². The van der Waals surface area contributed by atoms with E-state index in [9.17, 15) is 4.79 Å². The Bertz CT molecular complexity index is 1140. The van der Waals surface area contributed by atoms with Crippen LogP contribution in [-0.4, -0.2) is 18.7 Å². The number of rotatable bonds is 7. The third kappa shape index (κ3) is 4.36. The van der Waals surface area contributed by atoms with E-state index in [4.69, 9.17) is 4.74 Å². The molecule has 0 aromatic heterocycles. The molecule has 4 rings (SSSR count). The molecule has 1 unspecified atom stereocenters. The molecule has 0 fully saturated rings. The van der Waals surface area contributed by atoms with Crippen molar-refractivity contribution in [3.8, 4) is 5.75 Å². The predicted molar refractivity (Wildman–Crippen MR) is 146 cm³/mol. The number of amides is 1. The quantitative estimate of drug-likeness (QED) is 0.357. The van der Waals surface area contributed by atoms with E-state index in [0.717, 1.165) is 22.6 Å². The molecule has 0 aliphatic carbocycles. The monoisotopic (exact) mass is 468 g/mol. The van der Waals surface area contributed by atoms with Gasteiger partial charge in [-0.2, -0.15) is 0 Å². The molecule has 1 N–H and O–H groups in total. The number of ether oxygens (including phenoxy) is 1. The summed E-state index contributed by atoms with van der Waals surface area (Å²) in [6, 6.07) is 35.4. The summed E-state index contributed by atoms with van der Waals surface area (Å²) in [4.78, 5) is 14.0. The van der Waals surface area contributed by atoms with E-state index in [2.05, 4.69) is 85.0 Å². The zero-order valence-corrected chi connectivity index (χ0v) is 21.1. The number of aryl methyl sites for hydroxylation is 2. The number of carbonyl (C=O) groups excluding carboxylic acids is 1. The smallest absolute Gasteiger partial charge is 0.266 e. The summed E-state index contributed by atoms with van der Waals surface area (Å²) in [6.45, 7) is 6.08. The molecular weight excluding hydrogens is 437 g/mol. The van der Waals surface area contributed by atoms with Crippen LogP contribution in [0, 0.1) is 13.8 Å². The second-order valence-electron chi connectivity index (χ2n) is 8.53. The minimum atomic E-state index is -2.32. The summed E-state index contributed by atoms with van der Waals surface area (Å²) < 4.78 is 5.40. The normalized spacial score (nSPS) is 12.1. The van der Waals surface area contributed by atoms with Crippen LogP contribution in [0.5, 0.6) is 5.75 Å². The van der Waals surface area contributed by atoms with Crippen LogP contribution in [0.15, 0.2) is 103 Å². The van der Waals surface area contributed by atoms with Crippen molar-refractivity contribution in [2.45, 2.75) is 26.4 Å². The first-order chi connectivity index (χ1) is 16.5. The Hall–Kier alpha value is -3.42. The maximum absolute atomic E-state index is 14.0. The number of methoxy groups -OCH3 is 1. The van der Waals surface area contributed by atoms with E-state index < -0.39 is 7.26 Å². The molecule has 0 aliphatic rings. The Morgan fingerprint density at radius 1 is 0.735 bits per heavy atom. The summed E-state index contributed by atoms with van der Waals surface area (Å²) in [7, 11) is -0.660. The van der Waals surface area contributed by atoms with Crippen LogP contribution in [0.3, 0.4) is 0 Å². The van der Waals surface area contributed by atoms with Gasteiger partial charge in [-0.3, -0.25) is 4.79 Å². The number of hydrogen-bond acceptors (Lipinski definition) is 2. The van der Waals surface area contributed by atoms with E-state index in [-0.39, 0.29) is 11.6 Å². The maximum Gasteiger partial charge on any atom is 0.266 e. The number of nitrogens with one attached hydrogen (secondary N) is 1. The molecule has 1 atom stereocenters. The summed E-state index contributed by atoms with van der Waals surface area (Å²) in [5.74, 6) is 0.807. The largest absolute Gasteiger partial charge is 0.497 e. The lowest BCUT2D eigenvalue weighted by atomic mass is 10.1. The van der Waals surface area contributed by atoms with Crippen molar-refractivity contribution in [2.75, 3.05) is 12.4 Å². The lowest BCUT2D eigenvalue weighted by molar-refractivity contribution is -0.115. The summed E-state index contributed by atoms with van der Waals surface area (Å²) in [6.07, 6.45) is 0. The third-order valence-corrected chi connectivity index (χ3v) is 11.2. The molecule has 4 heteroatoms. The van der Waals surface area contributed by atoms with Gasteiger partial charge in [-0.25, -0.2) is 0 Å². The van der Waals surface area contributed by atoms with Crippen molar-refractivity contribution < 1.29 is 9.53 Å². The standard InChI is InChI=1S/C30H30NO2P/c1-22-20-25(33-4)21-23(2)29(22)31-30(32)24(3)34(26-14-8-5-9-15-26,27-16-10-6-11-17-27)28-18-12-7-13-19-28/h5-21,24H,1-4H3/p+1. The summed E-state index contributed by atoms with van der Waals surface area (Å²) in [5.41, 5.74) is 2.53. The first-order valence-corrected chi connectivity index (χ1v) is 13.4. The van der Waals surface area contributed by atoms with Crippen molar-refractivity contribution in [2.24, 2.45) is 0 Å². The highest BCUT2D eigenvalue weighted by Gasteiger charge is 2.53. The molecule has 0 bridgehead atoms. The Labute approximate surface area is 203 Å². The van der Waals surface area contributed by atoms with Crippen molar-refractivity contribution in [1.29, 1.82) is 0 Å². The lowest BCUT2D eigenvalue weighted by Gasteiger charge is -2.32. The van der Waals surface area contributed by atoms with Crippen molar-refractivity contribution in [3.05, 3.63) is 114 Å². The number of benzene rings is 4. The van der Waals surface area contributed by atoms with Gasteiger partial charge in [-0.05, 0) is 80.4 Å². The Balaban J connectivity index is 1.88. The van der Waals surface area contributed by atoms with E-state index in [0.29, 0.717) is 0 Å². The van der Waals surface area contributed by atoms with Gasteiger partial charge in [-0.1, -0.05) is 54.6 Å². The fourth-order valence-corrected chi connectivity index (χ4v) is 9.33. The van der Waals surface area contributed by atoms with Crippen LogP contribution in [-0.2, 0) is 4.79 Å². The van der Waals surface area contributed by atoms with Gasteiger partial charge in [0.15, 0.2) is 5.66 Å². The highest BCUT2D eigenvalue weighted by atomic mass is 31.2. The van der Waals surface area contributed by atoms with Gasteiger partial charge in [0.05, 0.1) is 7.11 Å². The van der Waals surface area contributed by atoms with Crippen LogP contribution >= 0.6 is 7.26 Å². The first kappa shape index (κ1) is 23.7. The van der Waals surface area contributed by atoms with Crippen LogP contribution in [0.25, 0.3) is 0 Å². The molecule has 0 saturated carbocycles. The van der Waals surface area contributed by atoms with Crippen LogP contribution in [0.4, 0.5) is 5.69 Å². The molecule has 4 aromatic rings. The highest BCUT2D eigenvalue weighted by molar-refractivity contribution is 7.96. The van der Waals surface area contributed by atoms with Gasteiger partial charge in [0.25, 0.3) is 5.91 Å². The number of anilines is 1. The van der Waals surface area contributed by atoms with E-state index in [1.807, 2.05) is 44.2 Å². The topological polar surface area (TPSA) is 38.3 Å². The second-order valence-corrected chi connectivity index (χ2v) is 12.3.